The van der Waals surface area contributed by atoms with E-state index in [2.05, 4.69) is 65.2 Å². The Labute approximate surface area is 206 Å². The van der Waals surface area contributed by atoms with Crippen LogP contribution in [0.5, 0.6) is 0 Å². The highest BCUT2D eigenvalue weighted by Gasteiger charge is 2.25. The summed E-state index contributed by atoms with van der Waals surface area (Å²) < 4.78 is 5.99. The van der Waals surface area contributed by atoms with E-state index in [4.69, 9.17) is 9.73 Å². The van der Waals surface area contributed by atoms with Gasteiger partial charge in [-0.2, -0.15) is 0 Å². The predicted molar refractivity (Wildman–Crippen MR) is 140 cm³/mol. The Morgan fingerprint density at radius 2 is 1.90 bits per heavy atom. The van der Waals surface area contributed by atoms with Crippen molar-refractivity contribution in [3.63, 3.8) is 0 Å². The SMILES string of the molecule is CCNC(=NCC(C)CN1CCN(C)CC1)N1CCC(COCc2ccccc2)C1.I. The first-order valence-corrected chi connectivity index (χ1v) is 11.7. The Hall–Kier alpha value is -0.900. The Kier molecular flexibility index (Phi) is 12.1. The summed E-state index contributed by atoms with van der Waals surface area (Å²) in [5.74, 6) is 2.24. The largest absolute Gasteiger partial charge is 0.376 e. The van der Waals surface area contributed by atoms with Crippen molar-refractivity contribution in [3.8, 4) is 0 Å². The van der Waals surface area contributed by atoms with Crippen molar-refractivity contribution in [1.82, 2.24) is 20.0 Å². The fraction of sp³-hybridized carbons (Fsp3) is 0.708. The van der Waals surface area contributed by atoms with E-state index in [1.54, 1.807) is 0 Å². The normalized spacial score (nSPS) is 21.7. The molecule has 31 heavy (non-hydrogen) atoms. The summed E-state index contributed by atoms with van der Waals surface area (Å²) in [6.07, 6.45) is 1.18. The van der Waals surface area contributed by atoms with Crippen LogP contribution in [0.1, 0.15) is 25.8 Å². The van der Waals surface area contributed by atoms with Gasteiger partial charge in [0.05, 0.1) is 13.2 Å². The van der Waals surface area contributed by atoms with E-state index in [0.717, 1.165) is 45.3 Å². The molecule has 0 aromatic heterocycles. The minimum Gasteiger partial charge on any atom is -0.376 e. The lowest BCUT2D eigenvalue weighted by molar-refractivity contribution is 0.0906. The van der Waals surface area contributed by atoms with E-state index in [1.807, 2.05) is 6.07 Å². The molecule has 7 heteroatoms. The highest BCUT2D eigenvalue weighted by Crippen LogP contribution is 2.17. The lowest BCUT2D eigenvalue weighted by Gasteiger charge is -2.33. The van der Waals surface area contributed by atoms with Crippen molar-refractivity contribution >= 4 is 29.9 Å². The number of likely N-dealkylation sites (N-methyl/N-ethyl adjacent to an activating group) is 1. The molecule has 0 bridgehead atoms. The van der Waals surface area contributed by atoms with Gasteiger partial charge in [0, 0.05) is 64.8 Å². The lowest BCUT2D eigenvalue weighted by atomic mass is 10.1. The molecule has 2 heterocycles. The molecule has 0 radical (unpaired) electrons. The fourth-order valence-electron chi connectivity index (χ4n) is 4.28. The van der Waals surface area contributed by atoms with Crippen molar-refractivity contribution in [2.24, 2.45) is 16.8 Å². The maximum Gasteiger partial charge on any atom is 0.193 e. The number of nitrogens with zero attached hydrogens (tertiary/aromatic N) is 4. The molecular weight excluding hydrogens is 501 g/mol. The molecule has 2 atom stereocenters. The molecule has 0 amide bonds. The number of guanidine groups is 1. The average Bonchev–Trinajstić information content (AvgIpc) is 3.22. The maximum absolute atomic E-state index is 5.99. The van der Waals surface area contributed by atoms with Gasteiger partial charge in [-0.1, -0.05) is 37.3 Å². The van der Waals surface area contributed by atoms with Crippen LogP contribution in [0.3, 0.4) is 0 Å². The topological polar surface area (TPSA) is 43.3 Å². The summed E-state index contributed by atoms with van der Waals surface area (Å²) >= 11 is 0. The van der Waals surface area contributed by atoms with Crippen molar-refractivity contribution in [1.29, 1.82) is 0 Å². The average molecular weight is 544 g/mol. The van der Waals surface area contributed by atoms with Crippen LogP contribution in [0.4, 0.5) is 0 Å². The van der Waals surface area contributed by atoms with E-state index < -0.39 is 0 Å². The zero-order chi connectivity index (χ0) is 21.2. The fourth-order valence-corrected chi connectivity index (χ4v) is 4.28. The van der Waals surface area contributed by atoms with Gasteiger partial charge in [0.15, 0.2) is 5.96 Å². The summed E-state index contributed by atoms with van der Waals surface area (Å²) in [7, 11) is 2.21. The van der Waals surface area contributed by atoms with Gasteiger partial charge in [-0.25, -0.2) is 0 Å². The molecule has 1 aromatic carbocycles. The first-order valence-electron chi connectivity index (χ1n) is 11.7. The lowest BCUT2D eigenvalue weighted by Crippen LogP contribution is -2.46. The van der Waals surface area contributed by atoms with Crippen LogP contribution in [0.15, 0.2) is 35.3 Å². The molecule has 176 valence electrons. The molecule has 0 spiro atoms. The number of halogens is 1. The quantitative estimate of drug-likeness (QED) is 0.295. The summed E-state index contributed by atoms with van der Waals surface area (Å²) in [5.41, 5.74) is 1.25. The number of aliphatic imine (C=N–C) groups is 1. The van der Waals surface area contributed by atoms with Gasteiger partial charge in [0.1, 0.15) is 0 Å². The molecule has 0 aliphatic carbocycles. The molecule has 1 N–H and O–H groups in total. The second-order valence-electron chi connectivity index (χ2n) is 9.01. The number of hydrogen-bond acceptors (Lipinski definition) is 4. The molecule has 2 unspecified atom stereocenters. The van der Waals surface area contributed by atoms with Crippen LogP contribution in [0.2, 0.25) is 0 Å². The zero-order valence-electron chi connectivity index (χ0n) is 19.6. The third kappa shape index (κ3) is 9.24. The van der Waals surface area contributed by atoms with E-state index in [9.17, 15) is 0 Å². The highest BCUT2D eigenvalue weighted by molar-refractivity contribution is 14.0. The molecule has 1 aromatic rings. The van der Waals surface area contributed by atoms with Gasteiger partial charge in [-0.3, -0.25) is 4.99 Å². The van der Waals surface area contributed by atoms with Crippen molar-refractivity contribution < 1.29 is 4.74 Å². The van der Waals surface area contributed by atoms with Crippen LogP contribution in [0, 0.1) is 11.8 Å². The van der Waals surface area contributed by atoms with E-state index in [0.29, 0.717) is 18.4 Å². The minimum absolute atomic E-state index is 0. The van der Waals surface area contributed by atoms with Crippen molar-refractivity contribution in [2.45, 2.75) is 26.9 Å². The number of rotatable bonds is 9. The Morgan fingerprint density at radius 3 is 2.61 bits per heavy atom. The molecule has 0 saturated carbocycles. The minimum atomic E-state index is 0. The molecule has 2 saturated heterocycles. The monoisotopic (exact) mass is 543 g/mol. The van der Waals surface area contributed by atoms with Crippen LogP contribution in [0.25, 0.3) is 0 Å². The zero-order valence-corrected chi connectivity index (χ0v) is 22.0. The van der Waals surface area contributed by atoms with Gasteiger partial charge in [0.25, 0.3) is 0 Å². The third-order valence-corrected chi connectivity index (χ3v) is 6.10. The third-order valence-electron chi connectivity index (χ3n) is 6.10. The standard InChI is InChI=1S/C24H41N5O.HI/c1-4-25-24(26-16-21(2)17-28-14-12-27(3)13-15-28)29-11-10-23(18-29)20-30-19-22-8-6-5-7-9-22;/h5-9,21,23H,4,10-20H2,1-3H3,(H,25,26);1H. The first-order chi connectivity index (χ1) is 14.6. The maximum atomic E-state index is 5.99. The van der Waals surface area contributed by atoms with Gasteiger partial charge in [-0.15, -0.1) is 24.0 Å². The number of benzene rings is 1. The Balaban J connectivity index is 0.00000341. The molecule has 6 nitrogen and oxygen atoms in total. The molecular formula is C24H42IN5O. The van der Waals surface area contributed by atoms with Gasteiger partial charge in [0.2, 0.25) is 0 Å². The first kappa shape index (κ1) is 26.4. The van der Waals surface area contributed by atoms with Crippen LogP contribution in [-0.2, 0) is 11.3 Å². The summed E-state index contributed by atoms with van der Waals surface area (Å²) in [4.78, 5) is 12.4. The highest BCUT2D eigenvalue weighted by atomic mass is 127. The molecule has 2 aliphatic heterocycles. The van der Waals surface area contributed by atoms with Crippen molar-refractivity contribution in [2.75, 3.05) is 72.6 Å². The smallest absolute Gasteiger partial charge is 0.193 e. The number of ether oxygens (including phenoxy) is 1. The van der Waals surface area contributed by atoms with Gasteiger partial charge < -0.3 is 24.8 Å². The summed E-state index contributed by atoms with van der Waals surface area (Å²) in [5, 5.41) is 3.51. The number of piperazine rings is 1. The van der Waals surface area contributed by atoms with Crippen molar-refractivity contribution in [3.05, 3.63) is 35.9 Å². The van der Waals surface area contributed by atoms with E-state index in [1.165, 1.54) is 38.2 Å². The number of nitrogens with one attached hydrogen (secondary N) is 1. The second-order valence-corrected chi connectivity index (χ2v) is 9.01. The van der Waals surface area contributed by atoms with E-state index >= 15 is 0 Å². The Morgan fingerprint density at radius 1 is 1.16 bits per heavy atom. The molecule has 2 fully saturated rings. The van der Waals surface area contributed by atoms with Crippen LogP contribution in [-0.4, -0.2) is 93.2 Å². The number of likely N-dealkylation sites (tertiary alicyclic amines) is 1. The predicted octanol–water partition coefficient (Wildman–Crippen LogP) is 2.99. The van der Waals surface area contributed by atoms with Crippen LogP contribution < -0.4 is 5.32 Å². The van der Waals surface area contributed by atoms with E-state index in [-0.39, 0.29) is 24.0 Å². The van der Waals surface area contributed by atoms with Gasteiger partial charge in [-0.05, 0) is 31.9 Å². The van der Waals surface area contributed by atoms with Gasteiger partial charge >= 0.3 is 0 Å². The molecule has 2 aliphatic rings. The Bertz CT molecular complexity index is 636. The molecule has 3 rings (SSSR count). The summed E-state index contributed by atoms with van der Waals surface area (Å²) in [6.45, 7) is 15.8. The second kappa shape index (κ2) is 14.3. The number of hydrogen-bond donors (Lipinski definition) is 1. The van der Waals surface area contributed by atoms with Crippen LogP contribution >= 0.6 is 24.0 Å². The summed E-state index contributed by atoms with van der Waals surface area (Å²) in [6, 6.07) is 10.4.